The minimum atomic E-state index is -0.487. The predicted molar refractivity (Wildman–Crippen MR) is 63.3 cm³/mol. The van der Waals surface area contributed by atoms with Gasteiger partial charge >= 0.3 is 5.97 Å². The van der Waals surface area contributed by atoms with Crippen LogP contribution in [0.2, 0.25) is 0 Å². The van der Waals surface area contributed by atoms with Gasteiger partial charge in [0.2, 0.25) is 0 Å². The molecule has 0 amide bonds. The Hall–Kier alpha value is -2.24. The van der Waals surface area contributed by atoms with E-state index < -0.39 is 5.97 Å². The summed E-state index contributed by atoms with van der Waals surface area (Å²) in [5.41, 5.74) is 0.165. The van der Waals surface area contributed by atoms with E-state index in [1.54, 1.807) is 25.1 Å². The number of anilines is 1. The molecule has 0 aliphatic carbocycles. The normalized spacial score (nSPS) is 10.3. The Morgan fingerprint density at radius 3 is 3.00 bits per heavy atom. The van der Waals surface area contributed by atoms with Crippen molar-refractivity contribution in [2.24, 2.45) is 0 Å². The van der Waals surface area contributed by atoms with E-state index in [0.717, 1.165) is 5.76 Å². The van der Waals surface area contributed by atoms with Crippen molar-refractivity contribution < 1.29 is 18.4 Å². The number of hydrogen-bond donors (Lipinski definition) is 0. The highest BCUT2D eigenvalue weighted by molar-refractivity contribution is 5.87. The van der Waals surface area contributed by atoms with Crippen molar-refractivity contribution in [1.29, 1.82) is 0 Å². The molecule has 0 N–H and O–H groups in total. The molecule has 2 rings (SSSR count). The molecule has 0 aliphatic rings. The molecule has 0 spiro atoms. The van der Waals surface area contributed by atoms with Gasteiger partial charge in [0.25, 0.3) is 6.01 Å². The van der Waals surface area contributed by atoms with Crippen molar-refractivity contribution >= 4 is 12.0 Å². The third-order valence-corrected chi connectivity index (χ3v) is 2.28. The third kappa shape index (κ3) is 2.71. The van der Waals surface area contributed by atoms with Gasteiger partial charge in [-0.25, -0.2) is 4.79 Å². The quantitative estimate of drug-likeness (QED) is 0.757. The number of nitrogens with zero attached hydrogens (tertiary/aromatic N) is 2. The maximum Gasteiger partial charge on any atom is 0.360 e. The van der Waals surface area contributed by atoms with Crippen LogP contribution < -0.4 is 4.90 Å². The number of aromatic nitrogens is 1. The van der Waals surface area contributed by atoms with E-state index in [1.807, 2.05) is 12.1 Å². The zero-order valence-electron chi connectivity index (χ0n) is 10.3. The molecule has 0 aliphatic heterocycles. The van der Waals surface area contributed by atoms with Gasteiger partial charge in [-0.3, -0.25) is 0 Å². The highest BCUT2D eigenvalue weighted by Gasteiger charge is 2.16. The summed E-state index contributed by atoms with van der Waals surface area (Å²) >= 11 is 0. The second-order valence-corrected chi connectivity index (χ2v) is 3.67. The summed E-state index contributed by atoms with van der Waals surface area (Å²) < 4.78 is 15.3. The number of carbonyl (C=O) groups excluding carboxylic acids is 1. The Balaban J connectivity index is 2.03. The summed E-state index contributed by atoms with van der Waals surface area (Å²) in [6.45, 7) is 2.56. The molecule has 2 aromatic heterocycles. The molecule has 2 aromatic rings. The predicted octanol–water partition coefficient (Wildman–Crippen LogP) is 2.08. The van der Waals surface area contributed by atoms with Gasteiger partial charge in [0.15, 0.2) is 5.69 Å². The molecule has 0 bridgehead atoms. The van der Waals surface area contributed by atoms with Crippen molar-refractivity contribution in [2.75, 3.05) is 18.6 Å². The number of oxazole rings is 1. The van der Waals surface area contributed by atoms with Gasteiger partial charge < -0.3 is 18.5 Å². The van der Waals surface area contributed by atoms with Gasteiger partial charge in [-0.05, 0) is 19.1 Å². The van der Waals surface area contributed by atoms with Gasteiger partial charge in [0.1, 0.15) is 12.0 Å². The maximum absolute atomic E-state index is 11.4. The van der Waals surface area contributed by atoms with E-state index >= 15 is 0 Å². The second kappa shape index (κ2) is 5.39. The Morgan fingerprint density at radius 1 is 1.50 bits per heavy atom. The van der Waals surface area contributed by atoms with Crippen molar-refractivity contribution in [3.63, 3.8) is 0 Å². The molecule has 6 heteroatoms. The van der Waals surface area contributed by atoms with Crippen molar-refractivity contribution in [2.45, 2.75) is 13.5 Å². The number of rotatable bonds is 5. The molecule has 0 saturated carbocycles. The van der Waals surface area contributed by atoms with Crippen LogP contribution in [0.15, 0.2) is 33.5 Å². The van der Waals surface area contributed by atoms with Gasteiger partial charge in [0.05, 0.1) is 19.4 Å². The largest absolute Gasteiger partial charge is 0.467 e. The standard InChI is InChI=1S/C12H14N2O4/c1-3-16-11(15)10-8-18-12(13-10)14(2)7-9-5-4-6-17-9/h4-6,8H,3,7H2,1-2H3. The molecule has 0 aromatic carbocycles. The van der Waals surface area contributed by atoms with Crippen LogP contribution in [-0.2, 0) is 11.3 Å². The molecule has 96 valence electrons. The van der Waals surface area contributed by atoms with E-state index in [4.69, 9.17) is 13.6 Å². The lowest BCUT2D eigenvalue weighted by molar-refractivity contribution is 0.0519. The highest BCUT2D eigenvalue weighted by atomic mass is 16.5. The second-order valence-electron chi connectivity index (χ2n) is 3.67. The molecule has 2 heterocycles. The molecule has 0 fully saturated rings. The van der Waals surface area contributed by atoms with Gasteiger partial charge in [0, 0.05) is 7.05 Å². The third-order valence-electron chi connectivity index (χ3n) is 2.28. The Kier molecular flexibility index (Phi) is 3.66. The molecular formula is C12H14N2O4. The molecule has 6 nitrogen and oxygen atoms in total. The first-order valence-corrected chi connectivity index (χ1v) is 5.57. The molecule has 0 radical (unpaired) electrons. The van der Waals surface area contributed by atoms with Crippen molar-refractivity contribution in [3.05, 3.63) is 36.1 Å². The number of carbonyl (C=O) groups is 1. The average molecular weight is 250 g/mol. The summed E-state index contributed by atoms with van der Waals surface area (Å²) in [6.07, 6.45) is 2.88. The first-order valence-electron chi connectivity index (χ1n) is 5.57. The van der Waals surface area contributed by atoms with Gasteiger partial charge in [-0.15, -0.1) is 0 Å². The van der Waals surface area contributed by atoms with Crippen LogP contribution in [0.4, 0.5) is 6.01 Å². The SMILES string of the molecule is CCOC(=O)c1coc(N(C)Cc2ccco2)n1. The van der Waals surface area contributed by atoms with Gasteiger partial charge in [-0.2, -0.15) is 4.98 Å². The number of hydrogen-bond acceptors (Lipinski definition) is 6. The molecule has 0 atom stereocenters. The van der Waals surface area contributed by atoms with Crippen LogP contribution in [0, 0.1) is 0 Å². The summed E-state index contributed by atoms with van der Waals surface area (Å²) in [6, 6.07) is 4.00. The zero-order valence-corrected chi connectivity index (χ0v) is 10.3. The van der Waals surface area contributed by atoms with Crippen LogP contribution in [0.5, 0.6) is 0 Å². The lowest BCUT2D eigenvalue weighted by Crippen LogP contribution is -2.16. The maximum atomic E-state index is 11.4. The number of esters is 1. The monoisotopic (exact) mass is 250 g/mol. The lowest BCUT2D eigenvalue weighted by Gasteiger charge is -2.11. The molecule has 18 heavy (non-hydrogen) atoms. The van der Waals surface area contributed by atoms with Crippen molar-refractivity contribution in [3.8, 4) is 0 Å². The number of ether oxygens (including phenoxy) is 1. The van der Waals surface area contributed by atoms with Crippen LogP contribution in [-0.4, -0.2) is 24.6 Å². The Bertz CT molecular complexity index is 504. The number of furan rings is 1. The topological polar surface area (TPSA) is 68.7 Å². The fourth-order valence-electron chi connectivity index (χ4n) is 1.44. The Labute approximate surface area is 104 Å². The average Bonchev–Trinajstić information content (AvgIpc) is 2.99. The van der Waals surface area contributed by atoms with Crippen LogP contribution in [0.1, 0.15) is 23.2 Å². The first-order chi connectivity index (χ1) is 8.70. The highest BCUT2D eigenvalue weighted by Crippen LogP contribution is 2.15. The minimum Gasteiger partial charge on any atom is -0.467 e. The van der Waals surface area contributed by atoms with E-state index in [2.05, 4.69) is 4.98 Å². The van der Waals surface area contributed by atoms with E-state index in [-0.39, 0.29) is 5.69 Å². The summed E-state index contributed by atoms with van der Waals surface area (Å²) in [4.78, 5) is 17.2. The molecule has 0 saturated heterocycles. The minimum absolute atomic E-state index is 0.165. The lowest BCUT2D eigenvalue weighted by atomic mass is 10.4. The summed E-state index contributed by atoms with van der Waals surface area (Å²) in [5.74, 6) is 0.298. The molecule has 0 unspecified atom stereocenters. The summed E-state index contributed by atoms with van der Waals surface area (Å²) in [5, 5.41) is 0. The van der Waals surface area contributed by atoms with Crippen LogP contribution >= 0.6 is 0 Å². The molecular weight excluding hydrogens is 236 g/mol. The van der Waals surface area contributed by atoms with E-state index in [0.29, 0.717) is 19.2 Å². The van der Waals surface area contributed by atoms with Crippen molar-refractivity contribution in [1.82, 2.24) is 4.98 Å². The zero-order chi connectivity index (χ0) is 13.0. The fourth-order valence-corrected chi connectivity index (χ4v) is 1.44. The fraction of sp³-hybridized carbons (Fsp3) is 0.333. The van der Waals surface area contributed by atoms with Gasteiger partial charge in [-0.1, -0.05) is 0 Å². The van der Waals surface area contributed by atoms with Crippen LogP contribution in [0.25, 0.3) is 0 Å². The van der Waals surface area contributed by atoms with E-state index in [9.17, 15) is 4.79 Å². The Morgan fingerprint density at radius 2 is 2.33 bits per heavy atom. The first kappa shape index (κ1) is 12.2. The van der Waals surface area contributed by atoms with Crippen LogP contribution in [0.3, 0.4) is 0 Å². The van der Waals surface area contributed by atoms with E-state index in [1.165, 1.54) is 6.26 Å². The smallest absolute Gasteiger partial charge is 0.360 e. The summed E-state index contributed by atoms with van der Waals surface area (Å²) in [7, 11) is 1.79.